The van der Waals surface area contributed by atoms with Crippen molar-refractivity contribution in [2.24, 2.45) is 0 Å². The number of nitrogens with one attached hydrogen (secondary N) is 1. The Morgan fingerprint density at radius 1 is 1.08 bits per heavy atom. The van der Waals surface area contributed by atoms with Crippen LogP contribution >= 0.6 is 22.7 Å². The van der Waals surface area contributed by atoms with Gasteiger partial charge >= 0.3 is 0 Å². The molecule has 0 spiro atoms. The molecular weight excluding hydrogens is 388 g/mol. The minimum Gasteiger partial charge on any atom is -0.306 e. The van der Waals surface area contributed by atoms with Crippen molar-refractivity contribution >= 4 is 42.7 Å². The molecule has 1 N–H and O–H groups in total. The zero-order valence-corrected chi connectivity index (χ0v) is 16.4. The molecule has 0 aliphatic rings. The molecule has 0 atom stereocenters. The molecule has 0 radical (unpaired) electrons. The van der Waals surface area contributed by atoms with E-state index in [1.165, 1.54) is 28.3 Å². The maximum Gasteiger partial charge on any atom is 0.260 e. The van der Waals surface area contributed by atoms with Crippen LogP contribution in [0.2, 0.25) is 0 Å². The number of thiophene rings is 2. The Kier molecular flexibility index (Phi) is 4.06. The van der Waals surface area contributed by atoms with Gasteiger partial charge in [-0.1, -0.05) is 0 Å². The lowest BCUT2D eigenvalue weighted by Crippen LogP contribution is -2.09. The molecule has 26 heavy (non-hydrogen) atoms. The fourth-order valence-corrected chi connectivity index (χ4v) is 5.24. The lowest BCUT2D eigenvalue weighted by atomic mass is 10.2. The molecule has 132 valence electrons. The van der Waals surface area contributed by atoms with Crippen molar-refractivity contribution in [3.05, 3.63) is 57.0 Å². The van der Waals surface area contributed by atoms with Crippen LogP contribution in [-0.4, -0.2) is 24.6 Å². The Morgan fingerprint density at radius 3 is 2.42 bits per heavy atom. The van der Waals surface area contributed by atoms with Gasteiger partial charge in [0.15, 0.2) is 9.84 Å². The van der Waals surface area contributed by atoms with Crippen LogP contribution < -0.4 is 5.56 Å². The van der Waals surface area contributed by atoms with Gasteiger partial charge in [0.2, 0.25) is 0 Å². The van der Waals surface area contributed by atoms with Crippen molar-refractivity contribution in [1.29, 1.82) is 0 Å². The number of aryl methyl sites for hydroxylation is 1. The number of aromatic nitrogens is 2. The monoisotopic (exact) mass is 402 g/mol. The first-order valence-corrected chi connectivity index (χ1v) is 11.3. The van der Waals surface area contributed by atoms with Crippen molar-refractivity contribution < 1.29 is 8.42 Å². The summed E-state index contributed by atoms with van der Waals surface area (Å²) in [4.78, 5) is 23.2. The minimum absolute atomic E-state index is 0.195. The number of H-pyrrole nitrogens is 1. The summed E-state index contributed by atoms with van der Waals surface area (Å²) in [5.74, 6) is 0.429. The summed E-state index contributed by atoms with van der Waals surface area (Å²) < 4.78 is 23.2. The van der Waals surface area contributed by atoms with E-state index >= 15 is 0 Å². The van der Waals surface area contributed by atoms with Crippen LogP contribution in [0.4, 0.5) is 0 Å². The number of rotatable bonds is 3. The van der Waals surface area contributed by atoms with E-state index in [1.807, 2.05) is 24.4 Å². The summed E-state index contributed by atoms with van der Waals surface area (Å²) in [6, 6.07) is 10.4. The van der Waals surface area contributed by atoms with Crippen LogP contribution in [0.5, 0.6) is 0 Å². The molecule has 8 heteroatoms. The molecule has 0 aliphatic carbocycles. The highest BCUT2D eigenvalue weighted by Crippen LogP contribution is 2.35. The maximum absolute atomic E-state index is 12.7. The van der Waals surface area contributed by atoms with Crippen LogP contribution in [-0.2, 0) is 9.84 Å². The normalized spacial score (nSPS) is 11.9. The molecule has 0 aliphatic heterocycles. The third-order valence-corrected chi connectivity index (χ3v) is 7.04. The van der Waals surface area contributed by atoms with Gasteiger partial charge in [0.25, 0.3) is 5.56 Å². The SMILES string of the molecule is Cc1ccc(-c2csc3nc(-c4ccc(S(C)(=O)=O)cc4)[nH]c(=O)c23)s1. The number of hydrogen-bond acceptors (Lipinski definition) is 6. The zero-order chi connectivity index (χ0) is 18.5. The van der Waals surface area contributed by atoms with Gasteiger partial charge in [0.05, 0.1) is 10.3 Å². The van der Waals surface area contributed by atoms with E-state index in [0.717, 1.165) is 16.7 Å². The fraction of sp³-hybridized carbons (Fsp3) is 0.111. The molecule has 5 nitrogen and oxygen atoms in total. The fourth-order valence-electron chi connectivity index (χ4n) is 2.71. The van der Waals surface area contributed by atoms with Crippen LogP contribution in [0.25, 0.3) is 32.0 Å². The topological polar surface area (TPSA) is 79.9 Å². The Balaban J connectivity index is 1.83. The van der Waals surface area contributed by atoms with Crippen LogP contribution in [0.3, 0.4) is 0 Å². The van der Waals surface area contributed by atoms with Crippen molar-refractivity contribution in [3.63, 3.8) is 0 Å². The summed E-state index contributed by atoms with van der Waals surface area (Å²) in [6.45, 7) is 2.03. The van der Waals surface area contributed by atoms with Gasteiger partial charge in [-0.25, -0.2) is 13.4 Å². The second kappa shape index (κ2) is 6.15. The third-order valence-electron chi connectivity index (χ3n) is 4.01. The molecule has 1 aromatic carbocycles. The van der Waals surface area contributed by atoms with E-state index < -0.39 is 9.84 Å². The average Bonchev–Trinajstić information content (AvgIpc) is 3.20. The first-order chi connectivity index (χ1) is 12.3. The number of hydrogen-bond donors (Lipinski definition) is 1. The molecule has 4 aromatic rings. The second-order valence-corrected chi connectivity index (χ2v) is 10.1. The van der Waals surface area contributed by atoms with E-state index in [-0.39, 0.29) is 10.5 Å². The first-order valence-electron chi connectivity index (χ1n) is 7.72. The lowest BCUT2D eigenvalue weighted by Gasteiger charge is -2.03. The predicted molar refractivity (Wildman–Crippen MR) is 107 cm³/mol. The predicted octanol–water partition coefficient (Wildman–Crippen LogP) is 4.09. The average molecular weight is 403 g/mol. The highest BCUT2D eigenvalue weighted by atomic mass is 32.2. The molecular formula is C18H14N2O3S3. The Bertz CT molecular complexity index is 1280. The van der Waals surface area contributed by atoms with Crippen LogP contribution in [0, 0.1) is 6.92 Å². The zero-order valence-electron chi connectivity index (χ0n) is 13.9. The van der Waals surface area contributed by atoms with Crippen molar-refractivity contribution in [1.82, 2.24) is 9.97 Å². The largest absolute Gasteiger partial charge is 0.306 e. The number of sulfone groups is 1. The van der Waals surface area contributed by atoms with E-state index in [4.69, 9.17) is 0 Å². The molecule has 3 aromatic heterocycles. The maximum atomic E-state index is 12.7. The van der Waals surface area contributed by atoms with E-state index in [9.17, 15) is 13.2 Å². The number of aromatic amines is 1. The Labute approximate surface area is 157 Å². The van der Waals surface area contributed by atoms with Crippen molar-refractivity contribution in [2.45, 2.75) is 11.8 Å². The Hall–Kier alpha value is -2.29. The second-order valence-electron chi connectivity index (χ2n) is 5.95. The third kappa shape index (κ3) is 3.00. The standard InChI is InChI=1S/C18H14N2O3S3/c1-10-3-8-14(25-10)13-9-24-18-15(13)17(21)19-16(20-18)11-4-6-12(7-5-11)26(2,22)23/h3-9H,1-2H3,(H,19,20,21). The summed E-state index contributed by atoms with van der Waals surface area (Å²) in [7, 11) is -3.26. The van der Waals surface area contributed by atoms with E-state index in [1.54, 1.807) is 23.5 Å². The summed E-state index contributed by atoms with van der Waals surface area (Å²) in [5.41, 5.74) is 1.37. The number of fused-ring (bicyclic) bond motifs is 1. The number of benzene rings is 1. The van der Waals surface area contributed by atoms with Gasteiger partial charge in [-0.15, -0.1) is 22.7 Å². The highest BCUT2D eigenvalue weighted by molar-refractivity contribution is 7.90. The van der Waals surface area contributed by atoms with Gasteiger partial charge in [-0.3, -0.25) is 4.79 Å². The van der Waals surface area contributed by atoms with Gasteiger partial charge in [-0.2, -0.15) is 0 Å². The van der Waals surface area contributed by atoms with Gasteiger partial charge in [-0.05, 0) is 43.3 Å². The van der Waals surface area contributed by atoms with Gasteiger partial charge in [0.1, 0.15) is 10.7 Å². The molecule has 0 saturated carbocycles. The lowest BCUT2D eigenvalue weighted by molar-refractivity contribution is 0.602. The number of nitrogens with zero attached hydrogens (tertiary/aromatic N) is 1. The van der Waals surface area contributed by atoms with E-state index in [2.05, 4.69) is 9.97 Å². The molecule has 0 bridgehead atoms. The summed E-state index contributed by atoms with van der Waals surface area (Å²) in [6.07, 6.45) is 1.16. The van der Waals surface area contributed by atoms with Crippen LogP contribution in [0.15, 0.2) is 51.5 Å². The smallest absolute Gasteiger partial charge is 0.260 e. The van der Waals surface area contributed by atoms with Crippen molar-refractivity contribution in [2.75, 3.05) is 6.26 Å². The van der Waals surface area contributed by atoms with Crippen LogP contribution in [0.1, 0.15) is 4.88 Å². The Morgan fingerprint density at radius 2 is 1.81 bits per heavy atom. The minimum atomic E-state index is -3.26. The van der Waals surface area contributed by atoms with Crippen molar-refractivity contribution in [3.8, 4) is 21.8 Å². The highest BCUT2D eigenvalue weighted by Gasteiger charge is 2.15. The molecule has 0 amide bonds. The molecule has 3 heterocycles. The van der Waals surface area contributed by atoms with E-state index in [0.29, 0.717) is 21.6 Å². The quantitative estimate of drug-likeness (QED) is 0.560. The van der Waals surface area contributed by atoms with Gasteiger partial charge < -0.3 is 4.98 Å². The molecule has 4 rings (SSSR count). The molecule has 0 saturated heterocycles. The molecule has 0 unspecified atom stereocenters. The summed E-state index contributed by atoms with van der Waals surface area (Å²) >= 11 is 3.07. The first kappa shape index (κ1) is 17.1. The molecule has 0 fully saturated rings. The summed E-state index contributed by atoms with van der Waals surface area (Å²) in [5, 5.41) is 2.54. The van der Waals surface area contributed by atoms with Gasteiger partial charge in [0, 0.05) is 32.5 Å².